The fourth-order valence-electron chi connectivity index (χ4n) is 0.779. The van der Waals surface area contributed by atoms with E-state index in [2.05, 4.69) is 26.9 Å². The van der Waals surface area contributed by atoms with Gasteiger partial charge in [0.25, 0.3) is 0 Å². The van der Waals surface area contributed by atoms with Crippen LogP contribution in [0.2, 0.25) is 0 Å². The highest BCUT2D eigenvalue weighted by Crippen LogP contribution is 2.18. The third-order valence-corrected chi connectivity index (χ3v) is 2.57. The molecule has 0 N–H and O–H groups in total. The SMILES string of the molecule is C=C(C)S/N=C/c1ccc(F)cc1Br. The third-order valence-electron chi connectivity index (χ3n) is 1.36. The average molecular weight is 274 g/mol. The predicted octanol–water partition coefficient (Wildman–Crippen LogP) is 4.19. The van der Waals surface area contributed by atoms with Gasteiger partial charge in [0.05, 0.1) is 0 Å². The number of rotatable bonds is 3. The van der Waals surface area contributed by atoms with Crippen molar-refractivity contribution in [3.63, 3.8) is 0 Å². The van der Waals surface area contributed by atoms with Gasteiger partial charge in [-0.2, -0.15) is 0 Å². The van der Waals surface area contributed by atoms with Crippen LogP contribution in [-0.2, 0) is 0 Å². The average Bonchev–Trinajstić information content (AvgIpc) is 2.08. The number of nitrogens with zero attached hydrogens (tertiary/aromatic N) is 1. The molecular weight excluding hydrogens is 265 g/mol. The zero-order valence-electron chi connectivity index (χ0n) is 7.63. The second-order valence-electron chi connectivity index (χ2n) is 2.69. The Kier molecular flexibility index (Phi) is 4.35. The van der Waals surface area contributed by atoms with E-state index in [1.165, 1.54) is 24.1 Å². The van der Waals surface area contributed by atoms with E-state index in [9.17, 15) is 4.39 Å². The number of hydrogen-bond acceptors (Lipinski definition) is 2. The minimum Gasteiger partial charge on any atom is -0.219 e. The maximum atomic E-state index is 12.7. The highest BCUT2D eigenvalue weighted by atomic mass is 79.9. The second-order valence-corrected chi connectivity index (χ2v) is 4.64. The van der Waals surface area contributed by atoms with Gasteiger partial charge in [0, 0.05) is 28.2 Å². The van der Waals surface area contributed by atoms with Crippen molar-refractivity contribution in [2.75, 3.05) is 0 Å². The first-order chi connectivity index (χ1) is 6.59. The Labute approximate surface area is 95.4 Å². The molecule has 4 heteroatoms. The van der Waals surface area contributed by atoms with E-state index in [0.29, 0.717) is 4.47 Å². The molecule has 74 valence electrons. The summed E-state index contributed by atoms with van der Waals surface area (Å²) in [6.07, 6.45) is 1.67. The normalized spacial score (nSPS) is 10.8. The number of allylic oxidation sites excluding steroid dienone is 1. The van der Waals surface area contributed by atoms with Crippen molar-refractivity contribution in [2.24, 2.45) is 4.40 Å². The lowest BCUT2D eigenvalue weighted by atomic mass is 10.2. The molecule has 0 aliphatic carbocycles. The molecular formula is C10H9BrFNS. The third kappa shape index (κ3) is 3.64. The smallest absolute Gasteiger partial charge is 0.124 e. The molecule has 0 amide bonds. The van der Waals surface area contributed by atoms with Crippen LogP contribution in [0.3, 0.4) is 0 Å². The molecule has 0 spiro atoms. The molecule has 0 radical (unpaired) electrons. The Morgan fingerprint density at radius 3 is 2.93 bits per heavy atom. The summed E-state index contributed by atoms with van der Waals surface area (Å²) >= 11 is 4.55. The predicted molar refractivity (Wildman–Crippen MR) is 64.1 cm³/mol. The van der Waals surface area contributed by atoms with Gasteiger partial charge in [-0.15, -0.1) is 0 Å². The maximum Gasteiger partial charge on any atom is 0.124 e. The Morgan fingerprint density at radius 1 is 1.64 bits per heavy atom. The molecule has 0 atom stereocenters. The quantitative estimate of drug-likeness (QED) is 0.594. The van der Waals surface area contributed by atoms with Crippen LogP contribution >= 0.6 is 27.9 Å². The van der Waals surface area contributed by atoms with Gasteiger partial charge in [-0.1, -0.05) is 22.5 Å². The Bertz CT molecular complexity index is 376. The van der Waals surface area contributed by atoms with Gasteiger partial charge in [-0.3, -0.25) is 0 Å². The van der Waals surface area contributed by atoms with Gasteiger partial charge in [0.1, 0.15) is 5.82 Å². The highest BCUT2D eigenvalue weighted by molar-refractivity contribution is 9.10. The summed E-state index contributed by atoms with van der Waals surface area (Å²) in [5.74, 6) is -0.262. The molecule has 1 nitrogen and oxygen atoms in total. The van der Waals surface area contributed by atoms with Gasteiger partial charge >= 0.3 is 0 Å². The summed E-state index contributed by atoms with van der Waals surface area (Å²) in [5, 5.41) is 0. The lowest BCUT2D eigenvalue weighted by Crippen LogP contribution is -1.83. The Balaban J connectivity index is 2.76. The lowest BCUT2D eigenvalue weighted by molar-refractivity contribution is 0.627. The van der Waals surface area contributed by atoms with Crippen molar-refractivity contribution in [2.45, 2.75) is 6.92 Å². The second kappa shape index (κ2) is 5.32. The molecule has 1 aromatic carbocycles. The number of halogens is 2. The van der Waals surface area contributed by atoms with E-state index in [0.717, 1.165) is 10.5 Å². The maximum absolute atomic E-state index is 12.7. The van der Waals surface area contributed by atoms with E-state index in [-0.39, 0.29) is 5.82 Å². The Hall–Kier alpha value is -0.610. The summed E-state index contributed by atoms with van der Waals surface area (Å²) in [6, 6.07) is 4.48. The standard InChI is InChI=1S/C10H9BrFNS/c1-7(2)14-13-6-8-3-4-9(12)5-10(8)11/h3-6H,1H2,2H3/b13-6+. The molecule has 0 fully saturated rings. The topological polar surface area (TPSA) is 12.4 Å². The summed E-state index contributed by atoms with van der Waals surface area (Å²) in [5.41, 5.74) is 0.847. The first-order valence-electron chi connectivity index (χ1n) is 3.90. The zero-order valence-corrected chi connectivity index (χ0v) is 10.0. The fourth-order valence-corrected chi connectivity index (χ4v) is 1.58. The van der Waals surface area contributed by atoms with Crippen LogP contribution < -0.4 is 0 Å². The van der Waals surface area contributed by atoms with E-state index in [1.807, 2.05) is 6.92 Å². The van der Waals surface area contributed by atoms with E-state index < -0.39 is 0 Å². The molecule has 14 heavy (non-hydrogen) atoms. The van der Waals surface area contributed by atoms with Crippen molar-refractivity contribution < 1.29 is 4.39 Å². The van der Waals surface area contributed by atoms with Gasteiger partial charge in [-0.25, -0.2) is 8.79 Å². The van der Waals surface area contributed by atoms with Gasteiger partial charge in [-0.05, 0) is 30.0 Å². The molecule has 1 aromatic rings. The molecule has 0 aliphatic rings. The molecule has 1 rings (SSSR count). The molecule has 0 aromatic heterocycles. The largest absolute Gasteiger partial charge is 0.219 e. The fraction of sp³-hybridized carbons (Fsp3) is 0.100. The van der Waals surface area contributed by atoms with Crippen LogP contribution in [0.4, 0.5) is 4.39 Å². The van der Waals surface area contributed by atoms with E-state index >= 15 is 0 Å². The van der Waals surface area contributed by atoms with Crippen LogP contribution in [0, 0.1) is 5.82 Å². The van der Waals surface area contributed by atoms with Gasteiger partial charge in [0.15, 0.2) is 0 Å². The van der Waals surface area contributed by atoms with Crippen LogP contribution in [0.5, 0.6) is 0 Å². The summed E-state index contributed by atoms with van der Waals surface area (Å²) < 4.78 is 17.5. The van der Waals surface area contributed by atoms with Crippen molar-refractivity contribution in [3.8, 4) is 0 Å². The highest BCUT2D eigenvalue weighted by Gasteiger charge is 1.97. The Morgan fingerprint density at radius 2 is 2.36 bits per heavy atom. The summed E-state index contributed by atoms with van der Waals surface area (Å²) in [7, 11) is 0. The van der Waals surface area contributed by atoms with Crippen LogP contribution in [0.25, 0.3) is 0 Å². The van der Waals surface area contributed by atoms with Crippen LogP contribution in [0.15, 0.2) is 38.6 Å². The van der Waals surface area contributed by atoms with Gasteiger partial charge < -0.3 is 0 Å². The first kappa shape index (κ1) is 11.5. The monoisotopic (exact) mass is 273 g/mol. The molecule has 0 saturated carbocycles. The van der Waals surface area contributed by atoms with E-state index in [1.54, 1.807) is 12.3 Å². The minimum absolute atomic E-state index is 0.262. The molecule has 0 bridgehead atoms. The van der Waals surface area contributed by atoms with Crippen molar-refractivity contribution >= 4 is 34.1 Å². The summed E-state index contributed by atoms with van der Waals surface area (Å²) in [6.45, 7) is 5.58. The van der Waals surface area contributed by atoms with Crippen molar-refractivity contribution in [1.82, 2.24) is 0 Å². The number of benzene rings is 1. The van der Waals surface area contributed by atoms with E-state index in [4.69, 9.17) is 0 Å². The van der Waals surface area contributed by atoms with Crippen LogP contribution in [0.1, 0.15) is 12.5 Å². The number of hydrogen-bond donors (Lipinski definition) is 0. The lowest BCUT2D eigenvalue weighted by Gasteiger charge is -1.97. The zero-order chi connectivity index (χ0) is 10.6. The molecule has 0 unspecified atom stereocenters. The summed E-state index contributed by atoms with van der Waals surface area (Å²) in [4.78, 5) is 0.916. The first-order valence-corrected chi connectivity index (χ1v) is 5.47. The van der Waals surface area contributed by atoms with Gasteiger partial charge in [0.2, 0.25) is 0 Å². The molecule has 0 heterocycles. The minimum atomic E-state index is -0.262. The molecule has 0 saturated heterocycles. The van der Waals surface area contributed by atoms with Crippen molar-refractivity contribution in [3.05, 3.63) is 45.5 Å². The molecule has 0 aliphatic heterocycles. The van der Waals surface area contributed by atoms with Crippen molar-refractivity contribution in [1.29, 1.82) is 0 Å². The van der Waals surface area contributed by atoms with Crippen LogP contribution in [-0.4, -0.2) is 6.21 Å².